The summed E-state index contributed by atoms with van der Waals surface area (Å²) in [5.74, 6) is -0.849. The average Bonchev–Trinajstić information content (AvgIpc) is 3.26. The molecule has 0 unspecified atom stereocenters. The highest BCUT2D eigenvalue weighted by Crippen LogP contribution is 2.48. The molecule has 0 spiro atoms. The third kappa shape index (κ3) is 4.14. The van der Waals surface area contributed by atoms with Crippen LogP contribution in [0.4, 0.5) is 0 Å². The minimum atomic E-state index is -0.696. The van der Waals surface area contributed by atoms with Gasteiger partial charge in [-0.25, -0.2) is 4.79 Å². The lowest BCUT2D eigenvalue weighted by Gasteiger charge is -2.26. The zero-order valence-corrected chi connectivity index (χ0v) is 20.9. The first kappa shape index (κ1) is 24.2. The second kappa shape index (κ2) is 9.29. The zero-order valence-electron chi connectivity index (χ0n) is 20.9. The summed E-state index contributed by atoms with van der Waals surface area (Å²) >= 11 is 0. The molecule has 0 amide bonds. The van der Waals surface area contributed by atoms with Crippen molar-refractivity contribution in [3.8, 4) is 17.2 Å². The first-order valence-electron chi connectivity index (χ1n) is 12.1. The van der Waals surface area contributed by atoms with E-state index in [2.05, 4.69) is 4.98 Å². The third-order valence-corrected chi connectivity index (χ3v) is 6.87. The van der Waals surface area contributed by atoms with E-state index >= 15 is 0 Å². The van der Waals surface area contributed by atoms with Gasteiger partial charge in [-0.3, -0.25) is 14.4 Å². The molecule has 0 saturated carbocycles. The number of allylic oxidation sites excluding steroid dienone is 1. The largest absolute Gasteiger partial charge is 0.497 e. The smallest absolute Gasteiger partial charge is 0.337 e. The van der Waals surface area contributed by atoms with E-state index in [1.807, 2.05) is 6.07 Å². The van der Waals surface area contributed by atoms with Crippen LogP contribution in [0.1, 0.15) is 49.7 Å². The fourth-order valence-electron chi connectivity index (χ4n) is 4.94. The topological polar surface area (TPSA) is 121 Å². The summed E-state index contributed by atoms with van der Waals surface area (Å²) in [6, 6.07) is 16.7. The SMILES string of the molecule is COC(=O)c1ccc(/C=C2\Oc3c(ccc4c3[C@@H](c3cc5ccc(OC)cc5[nH]c3=O)CC(=O)O4)C2=O)cc1. The first-order chi connectivity index (χ1) is 18.9. The van der Waals surface area contributed by atoms with Crippen LogP contribution < -0.4 is 19.8 Å². The Bertz CT molecular complexity index is 1780. The van der Waals surface area contributed by atoms with Crippen LogP contribution in [-0.4, -0.2) is 36.9 Å². The number of hydrogen-bond acceptors (Lipinski definition) is 8. The lowest BCUT2D eigenvalue weighted by atomic mass is 9.85. The van der Waals surface area contributed by atoms with Gasteiger partial charge in [-0.15, -0.1) is 0 Å². The molecule has 0 aliphatic carbocycles. The number of aromatic amines is 1. The molecule has 0 radical (unpaired) electrons. The number of fused-ring (bicyclic) bond motifs is 4. The molecule has 194 valence electrons. The molecule has 1 atom stereocenters. The average molecular weight is 523 g/mol. The first-order valence-corrected chi connectivity index (χ1v) is 12.1. The molecule has 2 aliphatic heterocycles. The number of rotatable bonds is 4. The predicted octanol–water partition coefficient (Wildman–Crippen LogP) is 4.38. The summed E-state index contributed by atoms with van der Waals surface area (Å²) in [5.41, 5.74) is 2.35. The van der Waals surface area contributed by atoms with Crippen molar-refractivity contribution < 1.29 is 33.3 Å². The van der Waals surface area contributed by atoms with E-state index in [-0.39, 0.29) is 35.0 Å². The lowest BCUT2D eigenvalue weighted by Crippen LogP contribution is -2.26. The molecule has 4 aromatic rings. The molecule has 0 bridgehead atoms. The molecule has 6 rings (SSSR count). The normalized spacial score (nSPS) is 16.9. The molecule has 3 heterocycles. The molecule has 2 aliphatic rings. The van der Waals surface area contributed by atoms with Gasteiger partial charge >= 0.3 is 11.9 Å². The monoisotopic (exact) mass is 523 g/mol. The Hall–Kier alpha value is -5.18. The van der Waals surface area contributed by atoms with Crippen molar-refractivity contribution >= 4 is 34.7 Å². The number of hydrogen-bond donors (Lipinski definition) is 1. The van der Waals surface area contributed by atoms with E-state index < -0.39 is 17.9 Å². The number of methoxy groups -OCH3 is 2. The van der Waals surface area contributed by atoms with Gasteiger partial charge in [0.2, 0.25) is 5.78 Å². The maximum atomic E-state index is 13.3. The van der Waals surface area contributed by atoms with E-state index in [0.717, 1.165) is 5.39 Å². The van der Waals surface area contributed by atoms with Crippen LogP contribution in [0.15, 0.2) is 71.2 Å². The Kier molecular flexibility index (Phi) is 5.76. The zero-order chi connectivity index (χ0) is 27.3. The number of Topliss-reactive ketones (excluding diaryl/α,β-unsaturated/α-hetero) is 1. The highest BCUT2D eigenvalue weighted by molar-refractivity contribution is 6.15. The van der Waals surface area contributed by atoms with Crippen LogP contribution in [0.5, 0.6) is 17.2 Å². The predicted molar refractivity (Wildman–Crippen MR) is 140 cm³/mol. The fourth-order valence-corrected chi connectivity index (χ4v) is 4.94. The van der Waals surface area contributed by atoms with E-state index in [9.17, 15) is 19.2 Å². The van der Waals surface area contributed by atoms with Gasteiger partial charge in [0.05, 0.1) is 37.3 Å². The van der Waals surface area contributed by atoms with Crippen LogP contribution in [0.2, 0.25) is 0 Å². The summed E-state index contributed by atoms with van der Waals surface area (Å²) in [6.45, 7) is 0. The van der Waals surface area contributed by atoms with E-state index in [4.69, 9.17) is 18.9 Å². The number of ether oxygens (including phenoxy) is 4. The van der Waals surface area contributed by atoms with Gasteiger partial charge in [-0.1, -0.05) is 12.1 Å². The maximum absolute atomic E-state index is 13.3. The molecule has 9 heteroatoms. The molecule has 39 heavy (non-hydrogen) atoms. The third-order valence-electron chi connectivity index (χ3n) is 6.87. The number of aromatic nitrogens is 1. The van der Waals surface area contributed by atoms with Crippen LogP contribution in [-0.2, 0) is 9.53 Å². The molecular weight excluding hydrogens is 502 g/mol. The standard InChI is InChI=1S/C30H21NO8/c1-36-18-8-7-17-12-21(29(34)31-22(17)13-18)20-14-25(32)38-23-10-9-19-27(33)24(39-28(19)26(20)23)11-15-3-5-16(6-4-15)30(35)37-2/h3-13,20H,14H2,1-2H3,(H,31,34)/b24-11-/t20-/m1/s1. The Labute approximate surface area is 221 Å². The number of H-pyrrole nitrogens is 1. The van der Waals surface area contributed by atoms with Crippen molar-refractivity contribution in [3.63, 3.8) is 0 Å². The number of pyridine rings is 1. The fraction of sp³-hybridized carbons (Fsp3) is 0.133. The molecule has 1 N–H and O–H groups in total. The van der Waals surface area contributed by atoms with Crippen molar-refractivity contribution in [2.24, 2.45) is 0 Å². The van der Waals surface area contributed by atoms with Gasteiger partial charge < -0.3 is 23.9 Å². The van der Waals surface area contributed by atoms with Gasteiger partial charge in [-0.05, 0) is 59.5 Å². The minimum Gasteiger partial charge on any atom is -0.497 e. The van der Waals surface area contributed by atoms with Gasteiger partial charge in [0.1, 0.15) is 17.2 Å². The van der Waals surface area contributed by atoms with Crippen molar-refractivity contribution in [2.75, 3.05) is 14.2 Å². The summed E-state index contributed by atoms with van der Waals surface area (Å²) in [6.07, 6.45) is 1.47. The molecule has 0 fully saturated rings. The molecule has 3 aromatic carbocycles. The van der Waals surface area contributed by atoms with Gasteiger partial charge in [0, 0.05) is 23.1 Å². The van der Waals surface area contributed by atoms with Crippen LogP contribution in [0, 0.1) is 0 Å². The van der Waals surface area contributed by atoms with Crippen molar-refractivity contribution in [2.45, 2.75) is 12.3 Å². The number of benzene rings is 3. The molecular formula is C30H21NO8. The molecule has 1 aromatic heterocycles. The molecule has 0 saturated heterocycles. The number of carbonyl (C=O) groups is 3. The van der Waals surface area contributed by atoms with Crippen molar-refractivity contribution in [1.82, 2.24) is 4.98 Å². The van der Waals surface area contributed by atoms with Gasteiger partial charge in [-0.2, -0.15) is 0 Å². The summed E-state index contributed by atoms with van der Waals surface area (Å²) in [5, 5.41) is 0.756. The van der Waals surface area contributed by atoms with Gasteiger partial charge in [0.25, 0.3) is 5.56 Å². The second-order valence-corrected chi connectivity index (χ2v) is 9.15. The quantitative estimate of drug-likeness (QED) is 0.238. The number of esters is 2. The number of nitrogens with one attached hydrogen (secondary N) is 1. The van der Waals surface area contributed by atoms with E-state index in [1.54, 1.807) is 67.8 Å². The van der Waals surface area contributed by atoms with Crippen molar-refractivity contribution in [1.29, 1.82) is 0 Å². The maximum Gasteiger partial charge on any atom is 0.337 e. The Morgan fingerprint density at radius 2 is 1.77 bits per heavy atom. The van der Waals surface area contributed by atoms with Crippen molar-refractivity contribution in [3.05, 3.63) is 105 Å². The lowest BCUT2D eigenvalue weighted by molar-refractivity contribution is -0.135. The second-order valence-electron chi connectivity index (χ2n) is 9.15. The number of carbonyl (C=O) groups excluding carboxylic acids is 3. The van der Waals surface area contributed by atoms with E-state index in [1.165, 1.54) is 7.11 Å². The number of ketones is 1. The van der Waals surface area contributed by atoms with E-state index in [0.29, 0.717) is 39.1 Å². The van der Waals surface area contributed by atoms with Gasteiger partial charge in [0.15, 0.2) is 5.76 Å². The summed E-state index contributed by atoms with van der Waals surface area (Å²) < 4.78 is 21.5. The highest BCUT2D eigenvalue weighted by Gasteiger charge is 2.39. The molecule has 9 nitrogen and oxygen atoms in total. The Morgan fingerprint density at radius 3 is 2.51 bits per heavy atom. The summed E-state index contributed by atoms with van der Waals surface area (Å²) in [7, 11) is 2.84. The highest BCUT2D eigenvalue weighted by atomic mass is 16.5. The van der Waals surface area contributed by atoms with Crippen LogP contribution in [0.25, 0.3) is 17.0 Å². The Balaban J connectivity index is 1.42. The van der Waals surface area contributed by atoms with Crippen LogP contribution >= 0.6 is 0 Å². The Morgan fingerprint density at radius 1 is 0.974 bits per heavy atom. The summed E-state index contributed by atoms with van der Waals surface area (Å²) in [4.78, 5) is 53.6. The minimum absolute atomic E-state index is 0.0689. The van der Waals surface area contributed by atoms with Crippen LogP contribution in [0.3, 0.4) is 0 Å².